The predicted molar refractivity (Wildman–Crippen MR) is 66.3 cm³/mol. The standard InChI is InChI=1S/C14H12N2/c1-10-15-9-14(16-10)13-7-6-11-4-2-3-5-12(11)8-13/h2-9H,1H3,(H,15,16). The number of nitrogens with zero attached hydrogens (tertiary/aromatic N) is 1. The van der Waals surface area contributed by atoms with Gasteiger partial charge in [-0.2, -0.15) is 0 Å². The van der Waals surface area contributed by atoms with Crippen LogP contribution in [0.2, 0.25) is 0 Å². The van der Waals surface area contributed by atoms with Crippen molar-refractivity contribution < 1.29 is 0 Å². The van der Waals surface area contributed by atoms with E-state index in [1.54, 1.807) is 0 Å². The summed E-state index contributed by atoms with van der Waals surface area (Å²) < 4.78 is 0. The maximum Gasteiger partial charge on any atom is 0.103 e. The van der Waals surface area contributed by atoms with Crippen LogP contribution >= 0.6 is 0 Å². The highest BCUT2D eigenvalue weighted by atomic mass is 14.9. The van der Waals surface area contributed by atoms with E-state index >= 15 is 0 Å². The molecule has 3 rings (SSSR count). The second kappa shape index (κ2) is 3.49. The summed E-state index contributed by atoms with van der Waals surface area (Å²) in [5.41, 5.74) is 2.16. The number of imidazole rings is 1. The van der Waals surface area contributed by atoms with Gasteiger partial charge in [-0.3, -0.25) is 0 Å². The SMILES string of the molecule is Cc1nc(-c2ccc3ccccc3c2)c[nH]1. The fraction of sp³-hybridized carbons (Fsp3) is 0.0714. The zero-order chi connectivity index (χ0) is 11.0. The van der Waals surface area contributed by atoms with Crippen LogP contribution in [0.3, 0.4) is 0 Å². The highest BCUT2D eigenvalue weighted by Gasteiger charge is 2.02. The Morgan fingerprint density at radius 3 is 2.56 bits per heavy atom. The lowest BCUT2D eigenvalue weighted by molar-refractivity contribution is 1.15. The van der Waals surface area contributed by atoms with Gasteiger partial charge in [0.2, 0.25) is 0 Å². The molecule has 0 amide bonds. The van der Waals surface area contributed by atoms with Gasteiger partial charge in [0, 0.05) is 11.8 Å². The molecule has 0 bridgehead atoms. The van der Waals surface area contributed by atoms with E-state index in [1.807, 2.05) is 13.1 Å². The molecule has 0 atom stereocenters. The van der Waals surface area contributed by atoms with Crippen LogP contribution in [0.4, 0.5) is 0 Å². The van der Waals surface area contributed by atoms with Crippen molar-refractivity contribution in [3.8, 4) is 11.3 Å². The molecule has 3 aromatic rings. The van der Waals surface area contributed by atoms with Crippen molar-refractivity contribution in [3.63, 3.8) is 0 Å². The minimum absolute atomic E-state index is 0.947. The Morgan fingerprint density at radius 2 is 1.81 bits per heavy atom. The molecule has 0 unspecified atom stereocenters. The molecule has 0 spiro atoms. The summed E-state index contributed by atoms with van der Waals surface area (Å²) >= 11 is 0. The van der Waals surface area contributed by atoms with Gasteiger partial charge in [0.1, 0.15) is 5.82 Å². The van der Waals surface area contributed by atoms with Crippen molar-refractivity contribution >= 4 is 10.8 Å². The molecule has 0 aliphatic heterocycles. The van der Waals surface area contributed by atoms with Crippen LogP contribution in [0.15, 0.2) is 48.7 Å². The number of benzene rings is 2. The number of H-pyrrole nitrogens is 1. The smallest absolute Gasteiger partial charge is 0.103 e. The molecular weight excluding hydrogens is 196 g/mol. The lowest BCUT2D eigenvalue weighted by Gasteiger charge is -2.00. The monoisotopic (exact) mass is 208 g/mol. The van der Waals surface area contributed by atoms with Crippen LogP contribution in [0.25, 0.3) is 22.0 Å². The number of fused-ring (bicyclic) bond motifs is 1. The van der Waals surface area contributed by atoms with Crippen LogP contribution in [-0.4, -0.2) is 9.97 Å². The Kier molecular flexibility index (Phi) is 2.00. The van der Waals surface area contributed by atoms with E-state index in [0.29, 0.717) is 0 Å². The number of rotatable bonds is 1. The number of aromatic nitrogens is 2. The Labute approximate surface area is 94.0 Å². The minimum Gasteiger partial charge on any atom is -0.348 e. The van der Waals surface area contributed by atoms with E-state index in [1.165, 1.54) is 10.8 Å². The quantitative estimate of drug-likeness (QED) is 0.651. The van der Waals surface area contributed by atoms with Gasteiger partial charge in [-0.1, -0.05) is 36.4 Å². The van der Waals surface area contributed by atoms with Crippen LogP contribution in [-0.2, 0) is 0 Å². The normalized spacial score (nSPS) is 10.8. The van der Waals surface area contributed by atoms with Crippen LogP contribution in [0.1, 0.15) is 5.82 Å². The Bertz CT molecular complexity index is 638. The average Bonchev–Trinajstić information content (AvgIpc) is 2.75. The summed E-state index contributed by atoms with van der Waals surface area (Å²) in [6.07, 6.45) is 1.94. The lowest BCUT2D eigenvalue weighted by atomic mass is 10.1. The molecule has 0 saturated carbocycles. The van der Waals surface area contributed by atoms with Gasteiger partial charge in [0.25, 0.3) is 0 Å². The highest BCUT2D eigenvalue weighted by molar-refractivity contribution is 5.86. The van der Waals surface area contributed by atoms with Crippen molar-refractivity contribution in [2.45, 2.75) is 6.92 Å². The van der Waals surface area contributed by atoms with Crippen molar-refractivity contribution in [2.24, 2.45) is 0 Å². The molecule has 16 heavy (non-hydrogen) atoms. The summed E-state index contributed by atoms with van der Waals surface area (Å²) in [6, 6.07) is 14.8. The minimum atomic E-state index is 0.947. The van der Waals surface area contributed by atoms with Gasteiger partial charge in [0.15, 0.2) is 0 Å². The van der Waals surface area contributed by atoms with Crippen LogP contribution in [0, 0.1) is 6.92 Å². The van der Waals surface area contributed by atoms with E-state index in [4.69, 9.17) is 0 Å². The summed E-state index contributed by atoms with van der Waals surface area (Å²) in [7, 11) is 0. The first-order valence-corrected chi connectivity index (χ1v) is 5.34. The summed E-state index contributed by atoms with van der Waals surface area (Å²) in [4.78, 5) is 7.54. The molecule has 2 heteroatoms. The topological polar surface area (TPSA) is 28.7 Å². The maximum atomic E-state index is 4.43. The molecule has 1 heterocycles. The van der Waals surface area contributed by atoms with Gasteiger partial charge in [-0.15, -0.1) is 0 Å². The second-order valence-corrected chi connectivity index (χ2v) is 3.93. The zero-order valence-electron chi connectivity index (χ0n) is 9.07. The molecule has 0 aliphatic carbocycles. The molecule has 0 aliphatic rings. The van der Waals surface area contributed by atoms with Gasteiger partial charge in [0.05, 0.1) is 5.69 Å². The second-order valence-electron chi connectivity index (χ2n) is 3.93. The van der Waals surface area contributed by atoms with Crippen molar-refractivity contribution in [2.75, 3.05) is 0 Å². The molecule has 0 fully saturated rings. The van der Waals surface area contributed by atoms with Crippen molar-refractivity contribution in [1.29, 1.82) is 0 Å². The lowest BCUT2D eigenvalue weighted by Crippen LogP contribution is -1.79. The number of hydrogen-bond acceptors (Lipinski definition) is 1. The Morgan fingerprint density at radius 1 is 1.00 bits per heavy atom. The largest absolute Gasteiger partial charge is 0.348 e. The number of aromatic amines is 1. The van der Waals surface area contributed by atoms with E-state index < -0.39 is 0 Å². The first-order valence-electron chi connectivity index (χ1n) is 5.34. The Balaban J connectivity index is 2.18. The van der Waals surface area contributed by atoms with Gasteiger partial charge >= 0.3 is 0 Å². The fourth-order valence-corrected chi connectivity index (χ4v) is 1.91. The number of nitrogens with one attached hydrogen (secondary N) is 1. The highest BCUT2D eigenvalue weighted by Crippen LogP contribution is 2.22. The molecule has 0 radical (unpaired) electrons. The number of aryl methyl sites for hydroxylation is 1. The first kappa shape index (κ1) is 9.16. The molecule has 2 aromatic carbocycles. The van der Waals surface area contributed by atoms with Gasteiger partial charge in [-0.05, 0) is 23.8 Å². The maximum absolute atomic E-state index is 4.43. The summed E-state index contributed by atoms with van der Waals surface area (Å²) in [5, 5.41) is 2.51. The molecular formula is C14H12N2. The summed E-state index contributed by atoms with van der Waals surface area (Å²) in [6.45, 7) is 1.96. The van der Waals surface area contributed by atoms with E-state index in [-0.39, 0.29) is 0 Å². The third-order valence-electron chi connectivity index (χ3n) is 2.75. The van der Waals surface area contributed by atoms with E-state index in [2.05, 4.69) is 52.4 Å². The van der Waals surface area contributed by atoms with E-state index in [0.717, 1.165) is 17.1 Å². The van der Waals surface area contributed by atoms with Gasteiger partial charge in [-0.25, -0.2) is 4.98 Å². The van der Waals surface area contributed by atoms with Crippen molar-refractivity contribution in [1.82, 2.24) is 9.97 Å². The van der Waals surface area contributed by atoms with E-state index in [9.17, 15) is 0 Å². The third kappa shape index (κ3) is 1.48. The molecule has 0 saturated heterocycles. The van der Waals surface area contributed by atoms with Crippen LogP contribution < -0.4 is 0 Å². The molecule has 1 N–H and O–H groups in total. The summed E-state index contributed by atoms with van der Waals surface area (Å²) in [5.74, 6) is 0.947. The third-order valence-corrected chi connectivity index (χ3v) is 2.75. The molecule has 78 valence electrons. The first-order chi connectivity index (χ1) is 7.83. The van der Waals surface area contributed by atoms with Crippen molar-refractivity contribution in [3.05, 3.63) is 54.5 Å². The Hall–Kier alpha value is -2.09. The molecule has 1 aromatic heterocycles. The van der Waals surface area contributed by atoms with Crippen LogP contribution in [0.5, 0.6) is 0 Å². The molecule has 2 nitrogen and oxygen atoms in total. The van der Waals surface area contributed by atoms with Gasteiger partial charge < -0.3 is 4.98 Å². The predicted octanol–water partition coefficient (Wildman–Crippen LogP) is 3.54. The average molecular weight is 208 g/mol. The number of hydrogen-bond donors (Lipinski definition) is 1. The fourth-order valence-electron chi connectivity index (χ4n) is 1.91. The zero-order valence-corrected chi connectivity index (χ0v) is 9.07.